The van der Waals surface area contributed by atoms with Crippen molar-refractivity contribution in [1.82, 2.24) is 15.5 Å². The highest BCUT2D eigenvalue weighted by Gasteiger charge is 2.17. The van der Waals surface area contributed by atoms with Crippen LogP contribution in [0.4, 0.5) is 5.69 Å². The van der Waals surface area contributed by atoms with E-state index in [4.69, 9.17) is 11.6 Å². The van der Waals surface area contributed by atoms with Crippen molar-refractivity contribution in [1.29, 1.82) is 0 Å². The number of anilines is 1. The van der Waals surface area contributed by atoms with Gasteiger partial charge in [0.25, 0.3) is 0 Å². The first-order valence-electron chi connectivity index (χ1n) is 8.33. The maximum atomic E-state index is 11.7. The molecular weight excluding hydrogens is 418 g/mol. The highest BCUT2D eigenvalue weighted by Crippen LogP contribution is 2.20. The Morgan fingerprint density at radius 3 is 2.42 bits per heavy atom. The van der Waals surface area contributed by atoms with Crippen molar-refractivity contribution in [2.45, 2.75) is 12.8 Å². The van der Waals surface area contributed by atoms with Crippen molar-refractivity contribution in [2.24, 2.45) is 0 Å². The normalized spacial score (nSPS) is 13.8. The largest absolute Gasteiger partial charge is 0.369 e. The molecule has 1 aliphatic rings. The topological polar surface area (TPSA) is 47.6 Å². The minimum Gasteiger partial charge on any atom is -0.369 e. The Labute approximate surface area is 180 Å². The van der Waals surface area contributed by atoms with E-state index in [1.165, 1.54) is 5.69 Å². The third kappa shape index (κ3) is 10.0. The van der Waals surface area contributed by atoms with E-state index < -0.39 is 0 Å². The Morgan fingerprint density at radius 2 is 1.81 bits per heavy atom. The number of benzene rings is 1. The first-order valence-corrected chi connectivity index (χ1v) is 8.71. The van der Waals surface area contributed by atoms with E-state index in [1.54, 1.807) is 0 Å². The summed E-state index contributed by atoms with van der Waals surface area (Å²) in [6.07, 6.45) is 1.49. The third-order valence-corrected chi connectivity index (χ3v) is 4.36. The van der Waals surface area contributed by atoms with Gasteiger partial charge in [-0.2, -0.15) is 0 Å². The van der Waals surface area contributed by atoms with Crippen LogP contribution in [0.2, 0.25) is 5.02 Å². The van der Waals surface area contributed by atoms with Gasteiger partial charge >= 0.3 is 0 Å². The maximum Gasteiger partial charge on any atom is 0.220 e. The molecule has 0 saturated carbocycles. The number of hydrogen-bond donors (Lipinski definition) is 2. The number of halogens is 4. The quantitative estimate of drug-likeness (QED) is 0.601. The zero-order valence-corrected chi connectivity index (χ0v) is 18.3. The van der Waals surface area contributed by atoms with Gasteiger partial charge in [-0.05, 0) is 38.2 Å². The second-order valence-electron chi connectivity index (χ2n) is 5.87. The molecule has 1 heterocycles. The Morgan fingerprint density at radius 1 is 1.12 bits per heavy atom. The zero-order chi connectivity index (χ0) is 16.5. The monoisotopic (exact) mass is 446 g/mol. The number of carbonyl (C=O) groups excluding carboxylic acids is 1. The predicted octanol–water partition coefficient (Wildman–Crippen LogP) is 2.84. The molecule has 26 heavy (non-hydrogen) atoms. The molecule has 5 nitrogen and oxygen atoms in total. The number of amides is 1. The van der Waals surface area contributed by atoms with Crippen LogP contribution in [0.3, 0.4) is 0 Å². The van der Waals surface area contributed by atoms with Crippen LogP contribution >= 0.6 is 48.8 Å². The molecule has 152 valence electrons. The summed E-state index contributed by atoms with van der Waals surface area (Å²) in [5.74, 6) is 0.151. The van der Waals surface area contributed by atoms with Crippen LogP contribution in [0.5, 0.6) is 0 Å². The van der Waals surface area contributed by atoms with Gasteiger partial charge in [0.05, 0.1) is 0 Å². The summed E-state index contributed by atoms with van der Waals surface area (Å²) in [5, 5.41) is 6.83. The number of hydrogen-bond acceptors (Lipinski definition) is 4. The molecule has 1 fully saturated rings. The van der Waals surface area contributed by atoms with Crippen LogP contribution < -0.4 is 15.5 Å². The minimum absolute atomic E-state index is 0. The Bertz CT molecular complexity index is 499. The lowest BCUT2D eigenvalue weighted by molar-refractivity contribution is -0.121. The Hall–Kier alpha value is -0.430. The molecule has 2 N–H and O–H groups in total. The second-order valence-corrected chi connectivity index (χ2v) is 6.30. The number of piperazine rings is 1. The first kappa shape index (κ1) is 27.8. The van der Waals surface area contributed by atoms with Gasteiger partial charge in [-0.15, -0.1) is 37.2 Å². The maximum absolute atomic E-state index is 11.7. The third-order valence-electron chi connectivity index (χ3n) is 4.13. The second kappa shape index (κ2) is 15.6. The Balaban J connectivity index is 0. The molecule has 9 heteroatoms. The standard InChI is InChI=1S/C17H27ClN4O.3ClH/c1-19-7-3-6-17(23)20-8-9-21-10-12-22(13-11-21)16-5-2-4-15(18)14-16;;;/h2,4-5,14,19H,3,6-13H2,1H3,(H,20,23);3*1H. The van der Waals surface area contributed by atoms with Crippen molar-refractivity contribution in [2.75, 3.05) is 57.8 Å². The Kier molecular flexibility index (Phi) is 16.7. The van der Waals surface area contributed by atoms with E-state index in [2.05, 4.69) is 26.5 Å². The molecule has 1 amide bonds. The van der Waals surface area contributed by atoms with E-state index in [9.17, 15) is 4.79 Å². The fourth-order valence-corrected chi connectivity index (χ4v) is 2.95. The molecule has 0 aromatic heterocycles. The number of nitrogens with one attached hydrogen (secondary N) is 2. The summed E-state index contributed by atoms with van der Waals surface area (Å²) in [5.41, 5.74) is 1.19. The van der Waals surface area contributed by atoms with E-state index >= 15 is 0 Å². The number of rotatable bonds is 8. The zero-order valence-electron chi connectivity index (χ0n) is 15.1. The van der Waals surface area contributed by atoms with Crippen molar-refractivity contribution in [3.05, 3.63) is 29.3 Å². The summed E-state index contributed by atoms with van der Waals surface area (Å²) in [4.78, 5) is 16.4. The molecule has 1 aromatic rings. The molecule has 1 saturated heterocycles. The molecule has 0 radical (unpaired) electrons. The van der Waals surface area contributed by atoms with Crippen LogP contribution in [0.1, 0.15) is 12.8 Å². The molecule has 2 rings (SSSR count). The van der Waals surface area contributed by atoms with Gasteiger partial charge in [0.1, 0.15) is 0 Å². The smallest absolute Gasteiger partial charge is 0.220 e. The molecule has 0 unspecified atom stereocenters. The summed E-state index contributed by atoms with van der Waals surface area (Å²) in [6.45, 7) is 6.56. The van der Waals surface area contributed by atoms with Crippen LogP contribution in [-0.4, -0.2) is 63.7 Å². The van der Waals surface area contributed by atoms with E-state index in [0.717, 1.165) is 57.3 Å². The van der Waals surface area contributed by atoms with Gasteiger partial charge in [0, 0.05) is 56.4 Å². The summed E-state index contributed by atoms with van der Waals surface area (Å²) in [7, 11) is 1.90. The lowest BCUT2D eigenvalue weighted by Gasteiger charge is -2.36. The molecule has 1 aliphatic heterocycles. The van der Waals surface area contributed by atoms with Gasteiger partial charge in [0.15, 0.2) is 0 Å². The minimum atomic E-state index is 0. The first-order chi connectivity index (χ1) is 11.2. The van der Waals surface area contributed by atoms with Gasteiger partial charge in [-0.1, -0.05) is 17.7 Å². The molecule has 0 spiro atoms. The van der Waals surface area contributed by atoms with E-state index in [-0.39, 0.29) is 43.1 Å². The summed E-state index contributed by atoms with van der Waals surface area (Å²) < 4.78 is 0. The van der Waals surface area contributed by atoms with Crippen molar-refractivity contribution < 1.29 is 4.79 Å². The molecule has 0 aliphatic carbocycles. The average Bonchev–Trinajstić information content (AvgIpc) is 2.56. The average molecular weight is 448 g/mol. The van der Waals surface area contributed by atoms with Crippen molar-refractivity contribution in [3.63, 3.8) is 0 Å². The van der Waals surface area contributed by atoms with Crippen LogP contribution in [0.15, 0.2) is 24.3 Å². The lowest BCUT2D eigenvalue weighted by Crippen LogP contribution is -2.48. The lowest BCUT2D eigenvalue weighted by atomic mass is 10.2. The predicted molar refractivity (Wildman–Crippen MR) is 118 cm³/mol. The molecule has 0 atom stereocenters. The van der Waals surface area contributed by atoms with E-state index in [1.807, 2.05) is 25.2 Å². The van der Waals surface area contributed by atoms with Crippen molar-refractivity contribution >= 4 is 60.4 Å². The van der Waals surface area contributed by atoms with Gasteiger partial charge in [-0.3, -0.25) is 9.69 Å². The van der Waals surface area contributed by atoms with Gasteiger partial charge in [0.2, 0.25) is 5.91 Å². The fraction of sp³-hybridized carbons (Fsp3) is 0.588. The van der Waals surface area contributed by atoms with Crippen LogP contribution in [0.25, 0.3) is 0 Å². The van der Waals surface area contributed by atoms with Gasteiger partial charge < -0.3 is 15.5 Å². The van der Waals surface area contributed by atoms with Gasteiger partial charge in [-0.25, -0.2) is 0 Å². The fourth-order valence-electron chi connectivity index (χ4n) is 2.77. The SMILES string of the molecule is CNCCCC(=O)NCCN1CCN(c2cccc(Cl)c2)CC1.Cl.Cl.Cl. The number of nitrogens with zero attached hydrogens (tertiary/aromatic N) is 2. The molecule has 0 bridgehead atoms. The highest BCUT2D eigenvalue weighted by molar-refractivity contribution is 6.30. The van der Waals surface area contributed by atoms with Crippen LogP contribution in [0, 0.1) is 0 Å². The van der Waals surface area contributed by atoms with E-state index in [0.29, 0.717) is 6.42 Å². The van der Waals surface area contributed by atoms with Crippen LogP contribution in [-0.2, 0) is 4.79 Å². The molecular formula is C17H30Cl4N4O. The number of carbonyl (C=O) groups is 1. The summed E-state index contributed by atoms with van der Waals surface area (Å²) >= 11 is 6.06. The van der Waals surface area contributed by atoms with Crippen molar-refractivity contribution in [3.8, 4) is 0 Å². The molecule has 1 aromatic carbocycles. The summed E-state index contributed by atoms with van der Waals surface area (Å²) in [6, 6.07) is 8.02. The highest BCUT2D eigenvalue weighted by atomic mass is 35.5.